The molecule has 1 fully saturated rings. The third-order valence-electron chi connectivity index (χ3n) is 3.17. The lowest BCUT2D eigenvalue weighted by molar-refractivity contribution is 0.0853. The van der Waals surface area contributed by atoms with Crippen molar-refractivity contribution in [1.82, 2.24) is 9.97 Å². The van der Waals surface area contributed by atoms with Crippen LogP contribution in [0.15, 0.2) is 6.33 Å². The van der Waals surface area contributed by atoms with Crippen molar-refractivity contribution in [3.63, 3.8) is 0 Å². The van der Waals surface area contributed by atoms with Crippen LogP contribution in [0.1, 0.15) is 18.4 Å². The number of nitrogens with zero attached hydrogens (tertiary/aromatic N) is 3. The fraction of sp³-hybridized carbons (Fsp3) is 0.636. The van der Waals surface area contributed by atoms with Gasteiger partial charge >= 0.3 is 0 Å². The topological polar surface area (TPSA) is 64.3 Å². The summed E-state index contributed by atoms with van der Waals surface area (Å²) in [4.78, 5) is 10.5. The molecule has 16 heavy (non-hydrogen) atoms. The van der Waals surface area contributed by atoms with E-state index in [1.54, 1.807) is 0 Å². The molecular weight excluding hydrogens is 204 g/mol. The Bertz CT molecular complexity index is 363. The summed E-state index contributed by atoms with van der Waals surface area (Å²) in [6.07, 6.45) is 3.60. The minimum absolute atomic E-state index is 0.488. The van der Waals surface area contributed by atoms with Crippen LogP contribution >= 0.6 is 0 Å². The Morgan fingerprint density at radius 1 is 1.38 bits per heavy atom. The first-order chi connectivity index (χ1) is 7.70. The molecule has 5 nitrogen and oxygen atoms in total. The molecule has 0 atom stereocenters. The van der Waals surface area contributed by atoms with E-state index < -0.39 is 0 Å². The van der Waals surface area contributed by atoms with Crippen molar-refractivity contribution in [2.24, 2.45) is 0 Å². The van der Waals surface area contributed by atoms with Gasteiger partial charge in [-0.3, -0.25) is 0 Å². The molecule has 0 unspecified atom stereocenters. The van der Waals surface area contributed by atoms with Gasteiger partial charge in [-0.15, -0.1) is 0 Å². The predicted molar refractivity (Wildman–Crippen MR) is 63.4 cm³/mol. The van der Waals surface area contributed by atoms with Gasteiger partial charge in [0.1, 0.15) is 18.0 Å². The van der Waals surface area contributed by atoms with E-state index in [-0.39, 0.29) is 0 Å². The number of anilines is 2. The van der Waals surface area contributed by atoms with Gasteiger partial charge in [0, 0.05) is 31.9 Å². The minimum atomic E-state index is 0.488. The summed E-state index contributed by atoms with van der Waals surface area (Å²) in [7, 11) is 2.06. The summed E-state index contributed by atoms with van der Waals surface area (Å²) in [5.74, 6) is 1.49. The number of nitrogens with two attached hydrogens (primary N) is 1. The molecule has 0 bridgehead atoms. The molecule has 2 N–H and O–H groups in total. The van der Waals surface area contributed by atoms with Crippen LogP contribution in [-0.4, -0.2) is 36.3 Å². The molecule has 2 rings (SSSR count). The number of nitrogen functional groups attached to an aromatic ring is 1. The number of rotatable bonds is 2. The Labute approximate surface area is 95.6 Å². The smallest absolute Gasteiger partial charge is 0.137 e. The Balaban J connectivity index is 2.19. The van der Waals surface area contributed by atoms with Crippen molar-refractivity contribution in [3.05, 3.63) is 11.9 Å². The molecule has 1 saturated heterocycles. The van der Waals surface area contributed by atoms with Gasteiger partial charge in [-0.25, -0.2) is 9.97 Å². The van der Waals surface area contributed by atoms with Crippen LogP contribution in [-0.2, 0) is 4.74 Å². The van der Waals surface area contributed by atoms with E-state index >= 15 is 0 Å². The van der Waals surface area contributed by atoms with Crippen LogP contribution in [0.5, 0.6) is 0 Å². The summed E-state index contributed by atoms with van der Waals surface area (Å²) in [6, 6.07) is 0.488. The maximum Gasteiger partial charge on any atom is 0.137 e. The maximum atomic E-state index is 5.79. The zero-order valence-electron chi connectivity index (χ0n) is 9.81. The Morgan fingerprint density at radius 3 is 2.75 bits per heavy atom. The fourth-order valence-electron chi connectivity index (χ4n) is 2.05. The van der Waals surface area contributed by atoms with Gasteiger partial charge in [0.05, 0.1) is 0 Å². The fourth-order valence-corrected chi connectivity index (χ4v) is 2.05. The Kier molecular flexibility index (Phi) is 3.24. The van der Waals surface area contributed by atoms with Gasteiger partial charge in [0.15, 0.2) is 0 Å². The van der Waals surface area contributed by atoms with Crippen LogP contribution in [0.25, 0.3) is 0 Å². The first-order valence-corrected chi connectivity index (χ1v) is 5.58. The molecule has 5 heteroatoms. The summed E-state index contributed by atoms with van der Waals surface area (Å²) in [6.45, 7) is 3.61. The summed E-state index contributed by atoms with van der Waals surface area (Å²) < 4.78 is 5.36. The molecule has 88 valence electrons. The van der Waals surface area contributed by atoms with E-state index in [0.717, 1.165) is 37.4 Å². The van der Waals surface area contributed by atoms with Crippen molar-refractivity contribution in [3.8, 4) is 0 Å². The number of aromatic nitrogens is 2. The highest BCUT2D eigenvalue weighted by Gasteiger charge is 2.21. The molecule has 0 spiro atoms. The SMILES string of the molecule is Cc1c(N)ncnc1N(C)C1CCOCC1. The Morgan fingerprint density at radius 2 is 2.06 bits per heavy atom. The average molecular weight is 222 g/mol. The van der Waals surface area contributed by atoms with Gasteiger partial charge in [0.25, 0.3) is 0 Å². The van der Waals surface area contributed by atoms with Crippen LogP contribution in [0, 0.1) is 6.92 Å². The summed E-state index contributed by atoms with van der Waals surface area (Å²) in [5.41, 5.74) is 6.74. The van der Waals surface area contributed by atoms with Crippen LogP contribution in [0.3, 0.4) is 0 Å². The molecule has 1 aromatic heterocycles. The molecule has 0 aliphatic carbocycles. The first kappa shape index (κ1) is 11.1. The summed E-state index contributed by atoms with van der Waals surface area (Å²) in [5, 5.41) is 0. The summed E-state index contributed by atoms with van der Waals surface area (Å²) >= 11 is 0. The molecule has 1 aromatic rings. The monoisotopic (exact) mass is 222 g/mol. The number of ether oxygens (including phenoxy) is 1. The number of hydrogen-bond acceptors (Lipinski definition) is 5. The van der Waals surface area contributed by atoms with E-state index in [4.69, 9.17) is 10.5 Å². The zero-order valence-corrected chi connectivity index (χ0v) is 9.81. The van der Waals surface area contributed by atoms with Crippen molar-refractivity contribution in [2.75, 3.05) is 30.9 Å². The molecule has 0 aromatic carbocycles. The second-order valence-electron chi connectivity index (χ2n) is 4.16. The lowest BCUT2D eigenvalue weighted by Crippen LogP contribution is -2.37. The van der Waals surface area contributed by atoms with Crippen LogP contribution in [0.4, 0.5) is 11.6 Å². The Hall–Kier alpha value is -1.36. The highest BCUT2D eigenvalue weighted by Crippen LogP contribution is 2.24. The lowest BCUT2D eigenvalue weighted by atomic mass is 10.1. The number of hydrogen-bond donors (Lipinski definition) is 1. The van der Waals surface area contributed by atoms with Crippen molar-refractivity contribution in [1.29, 1.82) is 0 Å². The van der Waals surface area contributed by atoms with E-state index in [1.165, 1.54) is 6.33 Å². The normalized spacial score (nSPS) is 17.4. The molecule has 2 heterocycles. The zero-order chi connectivity index (χ0) is 11.5. The van der Waals surface area contributed by atoms with Gasteiger partial charge in [0.2, 0.25) is 0 Å². The van der Waals surface area contributed by atoms with Crippen LogP contribution in [0.2, 0.25) is 0 Å². The molecule has 0 radical (unpaired) electrons. The van der Waals surface area contributed by atoms with Gasteiger partial charge in [-0.1, -0.05) is 0 Å². The third kappa shape index (κ3) is 2.09. The minimum Gasteiger partial charge on any atom is -0.383 e. The molecular formula is C11H18N4O. The third-order valence-corrected chi connectivity index (χ3v) is 3.17. The van der Waals surface area contributed by atoms with Gasteiger partial charge in [-0.2, -0.15) is 0 Å². The highest BCUT2D eigenvalue weighted by molar-refractivity contribution is 5.55. The maximum absolute atomic E-state index is 5.79. The van der Waals surface area contributed by atoms with E-state index in [2.05, 4.69) is 21.9 Å². The van der Waals surface area contributed by atoms with Crippen molar-refractivity contribution < 1.29 is 4.74 Å². The standard InChI is InChI=1S/C11H18N4O/c1-8-10(12)13-7-14-11(8)15(2)9-3-5-16-6-4-9/h7,9H,3-6H2,1-2H3,(H2,12,13,14). The second-order valence-corrected chi connectivity index (χ2v) is 4.16. The molecule has 1 aliphatic heterocycles. The van der Waals surface area contributed by atoms with Crippen LogP contribution < -0.4 is 10.6 Å². The highest BCUT2D eigenvalue weighted by atomic mass is 16.5. The molecule has 0 amide bonds. The molecule has 0 saturated carbocycles. The van der Waals surface area contributed by atoms with Crippen molar-refractivity contribution >= 4 is 11.6 Å². The van der Waals surface area contributed by atoms with Crippen molar-refractivity contribution in [2.45, 2.75) is 25.8 Å². The van der Waals surface area contributed by atoms with E-state index in [9.17, 15) is 0 Å². The average Bonchev–Trinajstić information content (AvgIpc) is 2.33. The van der Waals surface area contributed by atoms with E-state index in [1.807, 2.05) is 6.92 Å². The quantitative estimate of drug-likeness (QED) is 0.808. The second kappa shape index (κ2) is 4.65. The largest absolute Gasteiger partial charge is 0.383 e. The predicted octanol–water partition coefficient (Wildman–Crippen LogP) is 0.982. The van der Waals surface area contributed by atoms with E-state index in [0.29, 0.717) is 11.9 Å². The first-order valence-electron chi connectivity index (χ1n) is 5.58. The van der Waals surface area contributed by atoms with Gasteiger partial charge < -0.3 is 15.4 Å². The van der Waals surface area contributed by atoms with Gasteiger partial charge in [-0.05, 0) is 19.8 Å². The lowest BCUT2D eigenvalue weighted by Gasteiger charge is -2.32. The molecule has 1 aliphatic rings.